The fraction of sp³-hybridized carbons (Fsp3) is 0.394. The Morgan fingerprint density at radius 1 is 0.515 bits per heavy atom. The molecule has 0 amide bonds. The zero-order valence-electron chi connectivity index (χ0n) is 21.0. The molecule has 1 unspecified atom stereocenters. The highest BCUT2D eigenvalue weighted by Crippen LogP contribution is 2.73. The van der Waals surface area contributed by atoms with Crippen molar-refractivity contribution in [3.05, 3.63) is 125 Å². The zero-order chi connectivity index (χ0) is 25.0. The largest absolute Gasteiger partial charge is 0.103 e. The number of rotatable bonds is 18. The highest BCUT2D eigenvalue weighted by atomic mass is 14.7. The summed E-state index contributed by atoms with van der Waals surface area (Å²) < 4.78 is 0. The van der Waals surface area contributed by atoms with Crippen molar-refractivity contribution in [3.8, 4) is 0 Å². The number of hydrogen-bond acceptors (Lipinski definition) is 0. The minimum Gasteiger partial charge on any atom is -0.103 e. The molecule has 0 N–H and O–H groups in total. The first kappa shape index (κ1) is 28.4. The predicted molar refractivity (Wildman–Crippen MR) is 151 cm³/mol. The van der Waals surface area contributed by atoms with Gasteiger partial charge in [-0.2, -0.15) is 0 Å². The summed E-state index contributed by atoms with van der Waals surface area (Å²) in [5, 5.41) is 0. The van der Waals surface area contributed by atoms with Gasteiger partial charge >= 0.3 is 0 Å². The van der Waals surface area contributed by atoms with E-state index in [-0.39, 0.29) is 22.2 Å². The Balaban J connectivity index is 4.52. The second-order valence-electron chi connectivity index (χ2n) is 9.34. The zero-order valence-corrected chi connectivity index (χ0v) is 21.0. The molecule has 1 atom stereocenters. The Hall–Kier alpha value is -2.60. The molecule has 0 aromatic rings. The molecule has 0 aliphatic heterocycles. The van der Waals surface area contributed by atoms with Crippen molar-refractivity contribution in [2.75, 3.05) is 0 Å². The molecule has 0 heteroatoms. The minimum absolute atomic E-state index is 0.137. The summed E-state index contributed by atoms with van der Waals surface area (Å²) >= 11 is 0. The molecule has 178 valence electrons. The minimum atomic E-state index is -0.199. The van der Waals surface area contributed by atoms with Crippen LogP contribution >= 0.6 is 0 Å². The standard InChI is InChI=1S/C33H46/c1-10-19-28-29(20-11-2)31(22-13-4,23-14-5)33(26-17-8,27-18-9)32(24-15-6,25-16-7)30(28)21-12-3/h10-18,29H,1-9,19-27H2. The molecule has 33 heavy (non-hydrogen) atoms. The van der Waals surface area contributed by atoms with Gasteiger partial charge in [-0.05, 0) is 74.5 Å². The van der Waals surface area contributed by atoms with E-state index in [0.717, 1.165) is 57.8 Å². The van der Waals surface area contributed by atoms with Crippen LogP contribution in [0.4, 0.5) is 0 Å². The maximum absolute atomic E-state index is 4.24. The van der Waals surface area contributed by atoms with Crippen LogP contribution in [0.3, 0.4) is 0 Å². The van der Waals surface area contributed by atoms with Gasteiger partial charge in [-0.3, -0.25) is 0 Å². The van der Waals surface area contributed by atoms with Crippen LogP contribution in [0.15, 0.2) is 125 Å². The first-order valence-corrected chi connectivity index (χ1v) is 12.2. The molecule has 1 aliphatic carbocycles. The highest BCUT2D eigenvalue weighted by molar-refractivity contribution is 5.41. The maximum Gasteiger partial charge on any atom is 0.00546 e. The Morgan fingerprint density at radius 2 is 0.970 bits per heavy atom. The molecule has 0 spiro atoms. The third kappa shape index (κ3) is 4.72. The van der Waals surface area contributed by atoms with Crippen molar-refractivity contribution in [2.24, 2.45) is 22.2 Å². The van der Waals surface area contributed by atoms with Crippen LogP contribution in [0.25, 0.3) is 0 Å². The Bertz CT molecular complexity index is 766. The van der Waals surface area contributed by atoms with Gasteiger partial charge < -0.3 is 0 Å². The fourth-order valence-electron chi connectivity index (χ4n) is 7.24. The van der Waals surface area contributed by atoms with Crippen LogP contribution < -0.4 is 0 Å². The van der Waals surface area contributed by atoms with Crippen molar-refractivity contribution in [3.63, 3.8) is 0 Å². The van der Waals surface area contributed by atoms with E-state index in [2.05, 4.69) is 102 Å². The lowest BCUT2D eigenvalue weighted by Gasteiger charge is -2.68. The summed E-state index contributed by atoms with van der Waals surface area (Å²) in [5.41, 5.74) is 2.40. The van der Waals surface area contributed by atoms with E-state index in [1.165, 1.54) is 11.1 Å². The van der Waals surface area contributed by atoms with Crippen molar-refractivity contribution >= 4 is 0 Å². The third-order valence-electron chi connectivity index (χ3n) is 8.03. The summed E-state index contributed by atoms with van der Waals surface area (Å²) in [6.45, 7) is 37.8. The molecule has 0 heterocycles. The van der Waals surface area contributed by atoms with E-state index in [9.17, 15) is 0 Å². The first-order valence-electron chi connectivity index (χ1n) is 12.2. The summed E-state index contributed by atoms with van der Waals surface area (Å²) in [5.74, 6) is 0.279. The van der Waals surface area contributed by atoms with Gasteiger partial charge in [0.25, 0.3) is 0 Å². The van der Waals surface area contributed by atoms with E-state index < -0.39 is 0 Å². The van der Waals surface area contributed by atoms with Crippen molar-refractivity contribution in [2.45, 2.75) is 57.8 Å². The smallest absolute Gasteiger partial charge is 0.00546 e. The summed E-state index contributed by atoms with van der Waals surface area (Å²) in [4.78, 5) is 0. The lowest BCUT2D eigenvalue weighted by molar-refractivity contribution is -0.109. The van der Waals surface area contributed by atoms with E-state index in [0.29, 0.717) is 0 Å². The molecular weight excluding hydrogens is 396 g/mol. The van der Waals surface area contributed by atoms with Gasteiger partial charge in [0.15, 0.2) is 0 Å². The Morgan fingerprint density at radius 3 is 1.33 bits per heavy atom. The molecule has 0 bridgehead atoms. The topological polar surface area (TPSA) is 0 Å². The second-order valence-corrected chi connectivity index (χ2v) is 9.34. The van der Waals surface area contributed by atoms with E-state index in [4.69, 9.17) is 0 Å². The van der Waals surface area contributed by atoms with Crippen molar-refractivity contribution in [1.82, 2.24) is 0 Å². The van der Waals surface area contributed by atoms with E-state index in [1.807, 2.05) is 12.2 Å². The van der Waals surface area contributed by atoms with Crippen LogP contribution in [0.1, 0.15) is 57.8 Å². The van der Waals surface area contributed by atoms with Gasteiger partial charge in [-0.25, -0.2) is 0 Å². The van der Waals surface area contributed by atoms with Gasteiger partial charge in [0.2, 0.25) is 0 Å². The second kappa shape index (κ2) is 13.2. The third-order valence-corrected chi connectivity index (χ3v) is 8.03. The monoisotopic (exact) mass is 442 g/mol. The SMILES string of the molecule is C=CCC1=C(CC=C)C(CC=C)(CC=C)C(CC=C)(CC=C)C(CC=C)(CC=C)C1CC=C. The van der Waals surface area contributed by atoms with Crippen molar-refractivity contribution < 1.29 is 0 Å². The summed E-state index contributed by atoms with van der Waals surface area (Å²) in [7, 11) is 0. The predicted octanol–water partition coefficient (Wildman–Crippen LogP) is 10.1. The molecule has 0 aromatic carbocycles. The van der Waals surface area contributed by atoms with Gasteiger partial charge in [-0.1, -0.05) is 65.8 Å². The maximum atomic E-state index is 4.24. The van der Waals surface area contributed by atoms with E-state index >= 15 is 0 Å². The van der Waals surface area contributed by atoms with Crippen LogP contribution in [0.5, 0.6) is 0 Å². The first-order chi connectivity index (χ1) is 16.0. The molecule has 0 saturated heterocycles. The quantitative estimate of drug-likeness (QED) is 0.185. The van der Waals surface area contributed by atoms with Gasteiger partial charge in [0.05, 0.1) is 0 Å². The normalized spacial score (nSPS) is 20.2. The van der Waals surface area contributed by atoms with Crippen LogP contribution in [0, 0.1) is 22.2 Å². The fourth-order valence-corrected chi connectivity index (χ4v) is 7.24. The average Bonchev–Trinajstić information content (AvgIpc) is 2.78. The average molecular weight is 443 g/mol. The van der Waals surface area contributed by atoms with Crippen LogP contribution in [-0.4, -0.2) is 0 Å². The van der Waals surface area contributed by atoms with Gasteiger partial charge in [-0.15, -0.1) is 59.2 Å². The molecule has 1 aliphatic rings. The van der Waals surface area contributed by atoms with Gasteiger partial charge in [0.1, 0.15) is 0 Å². The molecule has 0 aromatic heterocycles. The molecule has 0 nitrogen and oxygen atoms in total. The lowest BCUT2D eigenvalue weighted by Crippen LogP contribution is -2.60. The Kier molecular flexibility index (Phi) is 11.4. The van der Waals surface area contributed by atoms with E-state index in [1.54, 1.807) is 0 Å². The summed E-state index contributed by atoms with van der Waals surface area (Å²) in [6, 6.07) is 0. The molecule has 0 radical (unpaired) electrons. The molecular formula is C33H46. The Labute approximate surface area is 205 Å². The van der Waals surface area contributed by atoms with Gasteiger partial charge in [0, 0.05) is 5.41 Å². The molecule has 0 saturated carbocycles. The number of allylic oxidation sites excluding steroid dienone is 11. The summed E-state index contributed by atoms with van der Waals surface area (Å²) in [6.07, 6.45) is 26.4. The van der Waals surface area contributed by atoms with Crippen molar-refractivity contribution in [1.29, 1.82) is 0 Å². The highest BCUT2D eigenvalue weighted by Gasteiger charge is 2.65. The van der Waals surface area contributed by atoms with Crippen LogP contribution in [0.2, 0.25) is 0 Å². The number of hydrogen-bond donors (Lipinski definition) is 0. The lowest BCUT2D eigenvalue weighted by atomic mass is 9.35. The molecule has 0 fully saturated rings. The molecule has 1 rings (SSSR count). The van der Waals surface area contributed by atoms with Crippen LogP contribution in [-0.2, 0) is 0 Å².